The van der Waals surface area contributed by atoms with Crippen molar-refractivity contribution < 1.29 is 9.18 Å². The molecule has 0 atom stereocenters. The molecule has 0 bridgehead atoms. The zero-order valence-corrected chi connectivity index (χ0v) is 13.5. The van der Waals surface area contributed by atoms with Crippen LogP contribution in [0.5, 0.6) is 0 Å². The molecule has 3 rings (SSSR count). The maximum absolute atomic E-state index is 13.0. The molecule has 1 aliphatic carbocycles. The van der Waals surface area contributed by atoms with Gasteiger partial charge in [0.1, 0.15) is 5.82 Å². The molecule has 1 saturated carbocycles. The first kappa shape index (κ1) is 15.0. The lowest BCUT2D eigenvalue weighted by Crippen LogP contribution is -2.35. The number of urea groups is 1. The Morgan fingerprint density at radius 2 is 1.82 bits per heavy atom. The van der Waals surface area contributed by atoms with E-state index in [0.29, 0.717) is 6.54 Å². The van der Waals surface area contributed by atoms with Crippen LogP contribution in [-0.2, 0) is 5.41 Å². The number of carbonyl (C=O) groups excluding carboxylic acids is 1. The van der Waals surface area contributed by atoms with Crippen LogP contribution in [0.15, 0.2) is 53.0 Å². The molecule has 2 aromatic carbocycles. The maximum atomic E-state index is 13.0. The largest absolute Gasteiger partial charge is 0.337 e. The number of carbonyl (C=O) groups is 1. The van der Waals surface area contributed by atoms with Crippen molar-refractivity contribution in [3.63, 3.8) is 0 Å². The van der Waals surface area contributed by atoms with Crippen molar-refractivity contribution in [2.75, 3.05) is 11.9 Å². The van der Waals surface area contributed by atoms with Crippen LogP contribution in [0.4, 0.5) is 14.9 Å². The summed E-state index contributed by atoms with van der Waals surface area (Å²) in [5.41, 5.74) is 1.76. The molecule has 0 heterocycles. The highest BCUT2D eigenvalue weighted by Crippen LogP contribution is 2.47. The van der Waals surface area contributed by atoms with Gasteiger partial charge in [-0.2, -0.15) is 0 Å². The van der Waals surface area contributed by atoms with Gasteiger partial charge < -0.3 is 10.6 Å². The van der Waals surface area contributed by atoms with Crippen molar-refractivity contribution in [1.82, 2.24) is 5.32 Å². The van der Waals surface area contributed by atoms with Gasteiger partial charge in [0.25, 0.3) is 0 Å². The van der Waals surface area contributed by atoms with Gasteiger partial charge in [-0.3, -0.25) is 0 Å². The smallest absolute Gasteiger partial charge is 0.319 e. The van der Waals surface area contributed by atoms with Crippen molar-refractivity contribution in [2.24, 2.45) is 0 Å². The monoisotopic (exact) mass is 362 g/mol. The maximum Gasteiger partial charge on any atom is 0.319 e. The molecule has 5 heteroatoms. The molecule has 0 saturated heterocycles. The van der Waals surface area contributed by atoms with Crippen molar-refractivity contribution >= 4 is 27.6 Å². The standard InChI is InChI=1S/C17H16BrFN2O/c18-14-3-1-2-4-15(14)21-16(22)20-11-17(9-10-17)12-5-7-13(19)8-6-12/h1-8H,9-11H2,(H2,20,21,22). The highest BCUT2D eigenvalue weighted by molar-refractivity contribution is 9.10. The topological polar surface area (TPSA) is 41.1 Å². The van der Waals surface area contributed by atoms with E-state index in [-0.39, 0.29) is 17.3 Å². The summed E-state index contributed by atoms with van der Waals surface area (Å²) in [7, 11) is 0. The molecule has 2 aromatic rings. The van der Waals surface area contributed by atoms with E-state index >= 15 is 0 Å². The van der Waals surface area contributed by atoms with Crippen LogP contribution < -0.4 is 10.6 Å². The van der Waals surface area contributed by atoms with Crippen LogP contribution in [0, 0.1) is 5.82 Å². The lowest BCUT2D eigenvalue weighted by Gasteiger charge is -2.17. The summed E-state index contributed by atoms with van der Waals surface area (Å²) in [4.78, 5) is 12.0. The quantitative estimate of drug-likeness (QED) is 0.829. The number of anilines is 1. The minimum atomic E-state index is -0.237. The number of rotatable bonds is 4. The second-order valence-electron chi connectivity index (χ2n) is 5.57. The predicted molar refractivity (Wildman–Crippen MR) is 88.5 cm³/mol. The molecule has 0 aliphatic heterocycles. The highest BCUT2D eigenvalue weighted by Gasteiger charge is 2.44. The summed E-state index contributed by atoms with van der Waals surface area (Å²) < 4.78 is 13.8. The van der Waals surface area contributed by atoms with Crippen molar-refractivity contribution in [1.29, 1.82) is 0 Å². The van der Waals surface area contributed by atoms with Gasteiger partial charge in [0, 0.05) is 16.4 Å². The molecule has 0 aromatic heterocycles. The van der Waals surface area contributed by atoms with Gasteiger partial charge in [0.05, 0.1) is 5.69 Å². The van der Waals surface area contributed by atoms with E-state index in [1.54, 1.807) is 12.1 Å². The van der Waals surface area contributed by atoms with Crippen LogP contribution in [-0.4, -0.2) is 12.6 Å². The van der Waals surface area contributed by atoms with Crippen molar-refractivity contribution in [3.05, 3.63) is 64.4 Å². The second kappa shape index (κ2) is 6.08. The Hall–Kier alpha value is -1.88. The highest BCUT2D eigenvalue weighted by atomic mass is 79.9. The van der Waals surface area contributed by atoms with Gasteiger partial charge in [-0.15, -0.1) is 0 Å². The van der Waals surface area contributed by atoms with Gasteiger partial charge in [-0.25, -0.2) is 9.18 Å². The third kappa shape index (κ3) is 3.30. The molecular weight excluding hydrogens is 347 g/mol. The first-order chi connectivity index (χ1) is 10.6. The molecule has 114 valence electrons. The normalized spacial score (nSPS) is 15.2. The molecule has 0 spiro atoms. The van der Waals surface area contributed by atoms with Crippen molar-refractivity contribution in [2.45, 2.75) is 18.3 Å². The molecule has 1 fully saturated rings. The fraction of sp³-hybridized carbons (Fsp3) is 0.235. The van der Waals surface area contributed by atoms with Crippen LogP contribution in [0.3, 0.4) is 0 Å². The molecule has 2 N–H and O–H groups in total. The summed E-state index contributed by atoms with van der Waals surface area (Å²) in [5.74, 6) is -0.237. The van der Waals surface area contributed by atoms with E-state index in [1.807, 2.05) is 24.3 Å². The van der Waals surface area contributed by atoms with E-state index in [4.69, 9.17) is 0 Å². The number of amides is 2. The number of halogens is 2. The summed E-state index contributed by atoms with van der Waals surface area (Å²) in [6, 6.07) is 13.8. The number of nitrogens with one attached hydrogen (secondary N) is 2. The SMILES string of the molecule is O=C(NCC1(c2ccc(F)cc2)CC1)Nc1ccccc1Br. The van der Waals surface area contributed by atoms with E-state index in [9.17, 15) is 9.18 Å². The van der Waals surface area contributed by atoms with Gasteiger partial charge in [-0.05, 0) is 58.6 Å². The lowest BCUT2D eigenvalue weighted by atomic mass is 9.96. The Morgan fingerprint density at radius 3 is 2.45 bits per heavy atom. The van der Waals surface area contributed by atoms with Crippen LogP contribution in [0.2, 0.25) is 0 Å². The number of hydrogen-bond donors (Lipinski definition) is 2. The summed E-state index contributed by atoms with van der Waals surface area (Å²) in [6.45, 7) is 0.551. The average Bonchev–Trinajstić information content (AvgIpc) is 3.29. The second-order valence-corrected chi connectivity index (χ2v) is 6.43. The number of para-hydroxylation sites is 1. The zero-order chi connectivity index (χ0) is 15.6. The summed E-state index contributed by atoms with van der Waals surface area (Å²) in [6.07, 6.45) is 2.02. The fourth-order valence-electron chi connectivity index (χ4n) is 2.50. The zero-order valence-electron chi connectivity index (χ0n) is 11.9. The Morgan fingerprint density at radius 1 is 1.14 bits per heavy atom. The van der Waals surface area contributed by atoms with Crippen LogP contribution >= 0.6 is 15.9 Å². The van der Waals surface area contributed by atoms with Crippen LogP contribution in [0.1, 0.15) is 18.4 Å². The minimum Gasteiger partial charge on any atom is -0.337 e. The summed E-state index contributed by atoms with van der Waals surface area (Å²) in [5, 5.41) is 5.72. The van der Waals surface area contributed by atoms with Gasteiger partial charge in [0.15, 0.2) is 0 Å². The van der Waals surface area contributed by atoms with Gasteiger partial charge in [-0.1, -0.05) is 24.3 Å². The Labute approximate surface area is 137 Å². The van der Waals surface area contributed by atoms with E-state index in [1.165, 1.54) is 12.1 Å². The number of hydrogen-bond acceptors (Lipinski definition) is 1. The third-order valence-corrected chi connectivity index (χ3v) is 4.71. The first-order valence-electron chi connectivity index (χ1n) is 7.15. The van der Waals surface area contributed by atoms with Gasteiger partial charge in [0.2, 0.25) is 0 Å². The lowest BCUT2D eigenvalue weighted by molar-refractivity contribution is 0.251. The average molecular weight is 363 g/mol. The Balaban J connectivity index is 1.59. The molecular formula is C17H16BrFN2O. The fourth-order valence-corrected chi connectivity index (χ4v) is 2.88. The molecule has 1 aliphatic rings. The van der Waals surface area contributed by atoms with Crippen LogP contribution in [0.25, 0.3) is 0 Å². The van der Waals surface area contributed by atoms with E-state index < -0.39 is 0 Å². The first-order valence-corrected chi connectivity index (χ1v) is 7.94. The molecule has 22 heavy (non-hydrogen) atoms. The molecule has 0 radical (unpaired) electrons. The summed E-state index contributed by atoms with van der Waals surface area (Å²) >= 11 is 3.39. The Bertz CT molecular complexity index is 683. The third-order valence-electron chi connectivity index (χ3n) is 4.02. The van der Waals surface area contributed by atoms with E-state index in [2.05, 4.69) is 26.6 Å². The molecule has 3 nitrogen and oxygen atoms in total. The Kier molecular flexibility index (Phi) is 4.16. The number of benzene rings is 2. The molecule has 2 amide bonds. The van der Waals surface area contributed by atoms with Crippen molar-refractivity contribution in [3.8, 4) is 0 Å². The molecule has 0 unspecified atom stereocenters. The van der Waals surface area contributed by atoms with Gasteiger partial charge >= 0.3 is 6.03 Å². The van der Waals surface area contributed by atoms with E-state index in [0.717, 1.165) is 28.6 Å². The predicted octanol–water partition coefficient (Wildman–Crippen LogP) is 4.44. The minimum absolute atomic E-state index is 0.0427.